The Kier molecular flexibility index (Phi) is 7.01. The highest BCUT2D eigenvalue weighted by atomic mass is 28.4. The van der Waals surface area contributed by atoms with Crippen LogP contribution >= 0.6 is 0 Å². The minimum absolute atomic E-state index is 0.0536. The van der Waals surface area contributed by atoms with Gasteiger partial charge in [0, 0.05) is 0 Å². The largest absolute Gasteiger partial charge is 0.406 e. The zero-order valence-electron chi connectivity index (χ0n) is 15.5. The molecule has 0 spiro atoms. The molecule has 0 N–H and O–H groups in total. The van der Waals surface area contributed by atoms with Crippen molar-refractivity contribution in [2.45, 2.75) is 51.9 Å². The van der Waals surface area contributed by atoms with E-state index < -0.39 is 8.32 Å². The van der Waals surface area contributed by atoms with E-state index in [-0.39, 0.29) is 6.10 Å². The van der Waals surface area contributed by atoms with E-state index in [1.165, 1.54) is 34.8 Å². The fraction of sp³-hybridized carbons (Fsp3) is 0.364. The van der Waals surface area contributed by atoms with Crippen LogP contribution in [0.3, 0.4) is 0 Å². The summed E-state index contributed by atoms with van der Waals surface area (Å²) < 4.78 is 6.88. The first-order chi connectivity index (χ1) is 11.6. The molecule has 0 radical (unpaired) electrons. The van der Waals surface area contributed by atoms with E-state index in [0.29, 0.717) is 0 Å². The molecular formula is C22H30OSi. The van der Waals surface area contributed by atoms with Crippen molar-refractivity contribution in [1.29, 1.82) is 0 Å². The van der Waals surface area contributed by atoms with Crippen LogP contribution in [0.5, 0.6) is 0 Å². The first-order valence-corrected chi connectivity index (χ1v) is 11.6. The summed E-state index contributed by atoms with van der Waals surface area (Å²) in [7, 11) is -1.68. The third kappa shape index (κ3) is 4.68. The van der Waals surface area contributed by atoms with Crippen LogP contribution in [-0.4, -0.2) is 8.32 Å². The van der Waals surface area contributed by atoms with Crippen molar-refractivity contribution >= 4 is 14.4 Å². The first kappa shape index (κ1) is 18.7. The van der Waals surface area contributed by atoms with Gasteiger partial charge in [0.15, 0.2) is 8.32 Å². The van der Waals surface area contributed by atoms with Crippen molar-refractivity contribution in [3.8, 4) is 0 Å². The monoisotopic (exact) mass is 338 g/mol. The highest BCUT2D eigenvalue weighted by Gasteiger charge is 2.33. The molecule has 0 saturated carbocycles. The minimum Gasteiger partial charge on any atom is -0.406 e. The Balaban J connectivity index is 2.38. The van der Waals surface area contributed by atoms with Gasteiger partial charge < -0.3 is 4.43 Å². The van der Waals surface area contributed by atoms with Crippen LogP contribution in [0.2, 0.25) is 18.1 Å². The maximum Gasteiger partial charge on any atom is 0.193 e. The zero-order valence-corrected chi connectivity index (χ0v) is 16.5. The molecule has 2 aromatic carbocycles. The van der Waals surface area contributed by atoms with Gasteiger partial charge in [-0.25, -0.2) is 0 Å². The molecule has 2 heteroatoms. The molecule has 0 bridgehead atoms. The third-order valence-corrected chi connectivity index (χ3v) is 9.61. The first-order valence-electron chi connectivity index (χ1n) is 9.10. The maximum atomic E-state index is 6.88. The van der Waals surface area contributed by atoms with Crippen molar-refractivity contribution in [1.82, 2.24) is 0 Å². The van der Waals surface area contributed by atoms with Crippen molar-refractivity contribution in [2.75, 3.05) is 0 Å². The van der Waals surface area contributed by atoms with Crippen LogP contribution in [0.25, 0.3) is 6.08 Å². The summed E-state index contributed by atoms with van der Waals surface area (Å²) in [6, 6.07) is 24.7. The lowest BCUT2D eigenvalue weighted by molar-refractivity contribution is 0.227. The second kappa shape index (κ2) is 9.00. The van der Waals surface area contributed by atoms with Crippen molar-refractivity contribution in [3.05, 3.63) is 77.4 Å². The molecule has 1 nitrogen and oxygen atoms in total. The van der Waals surface area contributed by atoms with Crippen molar-refractivity contribution in [2.24, 2.45) is 0 Å². The van der Waals surface area contributed by atoms with Crippen LogP contribution in [0.1, 0.15) is 44.9 Å². The Morgan fingerprint density at radius 2 is 1.38 bits per heavy atom. The van der Waals surface area contributed by atoms with Gasteiger partial charge in [0.25, 0.3) is 0 Å². The van der Waals surface area contributed by atoms with Gasteiger partial charge in [0.05, 0.1) is 6.10 Å². The van der Waals surface area contributed by atoms with Crippen LogP contribution in [0, 0.1) is 0 Å². The van der Waals surface area contributed by atoms with Crippen LogP contribution in [0.15, 0.2) is 66.2 Å². The van der Waals surface area contributed by atoms with Crippen LogP contribution < -0.4 is 0 Å². The van der Waals surface area contributed by atoms with Gasteiger partial charge in [-0.15, -0.1) is 0 Å². The summed E-state index contributed by atoms with van der Waals surface area (Å²) in [5.74, 6) is 0. The lowest BCUT2D eigenvalue weighted by Gasteiger charge is -2.34. The summed E-state index contributed by atoms with van der Waals surface area (Å²) >= 11 is 0. The Morgan fingerprint density at radius 3 is 1.88 bits per heavy atom. The van der Waals surface area contributed by atoms with Gasteiger partial charge in [-0.2, -0.15) is 0 Å². The average Bonchev–Trinajstić information content (AvgIpc) is 2.65. The fourth-order valence-corrected chi connectivity index (χ4v) is 6.01. The molecule has 2 aromatic rings. The summed E-state index contributed by atoms with van der Waals surface area (Å²) in [6.45, 7) is 9.07. The van der Waals surface area contributed by atoms with E-state index in [9.17, 15) is 0 Å². The lowest BCUT2D eigenvalue weighted by atomic mass is 10.0. The number of hydrogen-bond acceptors (Lipinski definition) is 1. The van der Waals surface area contributed by atoms with Crippen molar-refractivity contribution < 1.29 is 4.43 Å². The predicted octanol–water partition coefficient (Wildman–Crippen LogP) is 6.85. The highest BCUT2D eigenvalue weighted by molar-refractivity contribution is 6.73. The molecule has 0 aliphatic carbocycles. The van der Waals surface area contributed by atoms with Gasteiger partial charge >= 0.3 is 0 Å². The number of rotatable bonds is 8. The average molecular weight is 339 g/mol. The summed E-state index contributed by atoms with van der Waals surface area (Å²) in [5.41, 5.74) is 3.77. The van der Waals surface area contributed by atoms with Gasteiger partial charge in [0.2, 0.25) is 0 Å². The number of benzene rings is 2. The SMILES string of the molecule is CC[Si](CC)(CC)O[C@H](/C(C)=C/c1ccccc1)c1ccccc1. The van der Waals surface area contributed by atoms with E-state index >= 15 is 0 Å². The molecule has 0 saturated heterocycles. The molecule has 24 heavy (non-hydrogen) atoms. The molecular weight excluding hydrogens is 308 g/mol. The lowest BCUT2D eigenvalue weighted by Crippen LogP contribution is -2.37. The van der Waals surface area contributed by atoms with Gasteiger partial charge in [-0.05, 0) is 41.8 Å². The zero-order chi connectivity index (χ0) is 17.4. The number of hydrogen-bond donors (Lipinski definition) is 0. The predicted molar refractivity (Wildman–Crippen MR) is 108 cm³/mol. The summed E-state index contributed by atoms with van der Waals surface area (Å²) in [4.78, 5) is 0. The second-order valence-corrected chi connectivity index (χ2v) is 11.2. The Labute approximate surface area is 148 Å². The quantitative estimate of drug-likeness (QED) is 0.478. The third-order valence-electron chi connectivity index (χ3n) is 5.01. The molecule has 0 amide bonds. The normalized spacial score (nSPS) is 13.8. The van der Waals surface area contributed by atoms with Gasteiger partial charge in [-0.3, -0.25) is 0 Å². The molecule has 0 aliphatic heterocycles. The van der Waals surface area contributed by atoms with Crippen molar-refractivity contribution in [3.63, 3.8) is 0 Å². The Morgan fingerprint density at radius 1 is 0.875 bits per heavy atom. The minimum atomic E-state index is -1.68. The maximum absolute atomic E-state index is 6.88. The van der Waals surface area contributed by atoms with Gasteiger partial charge in [0.1, 0.15) is 0 Å². The fourth-order valence-electron chi connectivity index (χ4n) is 3.19. The summed E-state index contributed by atoms with van der Waals surface area (Å²) in [5, 5.41) is 0. The topological polar surface area (TPSA) is 9.23 Å². The molecule has 2 rings (SSSR count). The smallest absolute Gasteiger partial charge is 0.193 e. The van der Waals surface area contributed by atoms with E-state index in [0.717, 1.165) is 0 Å². The molecule has 0 unspecified atom stereocenters. The summed E-state index contributed by atoms with van der Waals surface area (Å²) in [6.07, 6.45) is 2.32. The standard InChI is InChI=1S/C22H30OSi/c1-5-24(6-2,7-3)23-22(21-16-12-9-13-17-21)19(4)18-20-14-10-8-11-15-20/h8-18,22H,5-7H2,1-4H3/b19-18+/t22-/m1/s1. The second-order valence-electron chi connectivity index (χ2n) is 6.45. The molecule has 0 fully saturated rings. The van der Waals surface area contributed by atoms with E-state index in [4.69, 9.17) is 4.43 Å². The Hall–Kier alpha value is -1.64. The molecule has 1 atom stereocenters. The van der Waals surface area contributed by atoms with E-state index in [1.54, 1.807) is 0 Å². The molecule has 0 aliphatic rings. The molecule has 0 heterocycles. The highest BCUT2D eigenvalue weighted by Crippen LogP contribution is 2.34. The van der Waals surface area contributed by atoms with Crippen LogP contribution in [-0.2, 0) is 4.43 Å². The van der Waals surface area contributed by atoms with E-state index in [1.807, 2.05) is 0 Å². The Bertz CT molecular complexity index is 621. The molecule has 128 valence electrons. The van der Waals surface area contributed by atoms with Crippen LogP contribution in [0.4, 0.5) is 0 Å². The molecule has 0 aromatic heterocycles. The van der Waals surface area contributed by atoms with Gasteiger partial charge in [-0.1, -0.05) is 87.5 Å². The van der Waals surface area contributed by atoms with E-state index in [2.05, 4.69) is 94.4 Å².